The van der Waals surface area contributed by atoms with E-state index in [4.69, 9.17) is 0 Å². The number of anilines is 1. The number of hydrogen-bond acceptors (Lipinski definition) is 2. The van der Waals surface area contributed by atoms with E-state index in [-0.39, 0.29) is 0 Å². The van der Waals surface area contributed by atoms with Crippen LogP contribution in [0, 0.1) is 5.92 Å². The van der Waals surface area contributed by atoms with Crippen molar-refractivity contribution in [3.63, 3.8) is 0 Å². The van der Waals surface area contributed by atoms with Gasteiger partial charge in [0.15, 0.2) is 0 Å². The van der Waals surface area contributed by atoms with Crippen molar-refractivity contribution in [2.24, 2.45) is 5.92 Å². The van der Waals surface area contributed by atoms with E-state index in [1.54, 1.807) is 0 Å². The summed E-state index contributed by atoms with van der Waals surface area (Å²) in [6, 6.07) is 10.5. The first-order valence-corrected chi connectivity index (χ1v) is 5.45. The Morgan fingerprint density at radius 2 is 1.86 bits per heavy atom. The normalized spacial score (nSPS) is 18.0. The van der Waals surface area contributed by atoms with Crippen LogP contribution in [0.2, 0.25) is 0 Å². The van der Waals surface area contributed by atoms with Gasteiger partial charge in [0, 0.05) is 12.2 Å². The highest BCUT2D eigenvalue weighted by atomic mass is 14.9. The van der Waals surface area contributed by atoms with Crippen LogP contribution in [0.25, 0.3) is 0 Å². The molecule has 1 aromatic carbocycles. The summed E-state index contributed by atoms with van der Waals surface area (Å²) >= 11 is 0. The highest BCUT2D eigenvalue weighted by molar-refractivity contribution is 5.42. The summed E-state index contributed by atoms with van der Waals surface area (Å²) in [5.41, 5.74) is 1.24. The maximum Gasteiger partial charge on any atom is 0.0340 e. The van der Waals surface area contributed by atoms with Gasteiger partial charge in [0.1, 0.15) is 0 Å². The van der Waals surface area contributed by atoms with E-state index in [1.165, 1.54) is 31.6 Å². The van der Waals surface area contributed by atoms with E-state index in [0.29, 0.717) is 0 Å². The molecule has 1 saturated heterocycles. The molecule has 76 valence electrons. The Hall–Kier alpha value is -1.02. The van der Waals surface area contributed by atoms with Gasteiger partial charge >= 0.3 is 0 Å². The van der Waals surface area contributed by atoms with Crippen LogP contribution in [0.5, 0.6) is 0 Å². The molecule has 0 spiro atoms. The van der Waals surface area contributed by atoms with Crippen LogP contribution in [0.4, 0.5) is 5.69 Å². The Kier molecular flexibility index (Phi) is 3.41. The Balaban J connectivity index is 1.76. The van der Waals surface area contributed by atoms with E-state index in [1.807, 2.05) is 0 Å². The van der Waals surface area contributed by atoms with Crippen molar-refractivity contribution in [3.8, 4) is 0 Å². The molecule has 2 N–H and O–H groups in total. The fraction of sp³-hybridized carbons (Fsp3) is 0.500. The van der Waals surface area contributed by atoms with Crippen molar-refractivity contribution in [1.82, 2.24) is 5.32 Å². The SMILES string of the molecule is c1ccc(NCC2CCNCC2)cc1. The number of piperidine rings is 1. The lowest BCUT2D eigenvalue weighted by Crippen LogP contribution is -2.31. The minimum atomic E-state index is 0.844. The lowest BCUT2D eigenvalue weighted by atomic mass is 9.98. The van der Waals surface area contributed by atoms with Crippen molar-refractivity contribution in [2.75, 3.05) is 25.0 Å². The second-order valence-corrected chi connectivity index (χ2v) is 3.94. The number of rotatable bonds is 3. The van der Waals surface area contributed by atoms with Gasteiger partial charge < -0.3 is 10.6 Å². The number of para-hydroxylation sites is 1. The van der Waals surface area contributed by atoms with Crippen LogP contribution in [0.3, 0.4) is 0 Å². The molecule has 0 radical (unpaired) electrons. The molecule has 1 heterocycles. The molecule has 1 aromatic rings. The van der Waals surface area contributed by atoms with Crippen molar-refractivity contribution >= 4 is 5.69 Å². The lowest BCUT2D eigenvalue weighted by Gasteiger charge is -2.23. The fourth-order valence-electron chi connectivity index (χ4n) is 1.90. The number of benzene rings is 1. The third-order valence-electron chi connectivity index (χ3n) is 2.83. The molecule has 0 aromatic heterocycles. The molecule has 0 bridgehead atoms. The van der Waals surface area contributed by atoms with Gasteiger partial charge in [-0.1, -0.05) is 18.2 Å². The van der Waals surface area contributed by atoms with Crippen molar-refractivity contribution in [1.29, 1.82) is 0 Å². The van der Waals surface area contributed by atoms with E-state index in [2.05, 4.69) is 41.0 Å². The molecule has 2 rings (SSSR count). The average Bonchev–Trinajstić information content (AvgIpc) is 2.29. The van der Waals surface area contributed by atoms with E-state index < -0.39 is 0 Å². The third kappa shape index (κ3) is 2.74. The first-order valence-electron chi connectivity index (χ1n) is 5.45. The zero-order valence-electron chi connectivity index (χ0n) is 8.50. The summed E-state index contributed by atoms with van der Waals surface area (Å²) in [5.74, 6) is 0.844. The molecule has 0 saturated carbocycles. The van der Waals surface area contributed by atoms with Gasteiger partial charge in [0.05, 0.1) is 0 Å². The molecule has 0 aliphatic carbocycles. The zero-order chi connectivity index (χ0) is 9.64. The third-order valence-corrected chi connectivity index (χ3v) is 2.83. The van der Waals surface area contributed by atoms with Gasteiger partial charge in [-0.15, -0.1) is 0 Å². The minimum absolute atomic E-state index is 0.844. The molecular formula is C12H18N2. The second kappa shape index (κ2) is 5.01. The summed E-state index contributed by atoms with van der Waals surface area (Å²) in [4.78, 5) is 0. The zero-order valence-corrected chi connectivity index (χ0v) is 8.50. The Bertz CT molecular complexity index is 252. The molecule has 0 atom stereocenters. The van der Waals surface area contributed by atoms with Crippen LogP contribution in [0.1, 0.15) is 12.8 Å². The molecule has 14 heavy (non-hydrogen) atoms. The molecule has 2 nitrogen and oxygen atoms in total. The van der Waals surface area contributed by atoms with Crippen molar-refractivity contribution < 1.29 is 0 Å². The summed E-state index contributed by atoms with van der Waals surface area (Å²) in [5, 5.41) is 6.87. The number of nitrogens with one attached hydrogen (secondary N) is 2. The number of hydrogen-bond donors (Lipinski definition) is 2. The van der Waals surface area contributed by atoms with Gasteiger partial charge in [-0.3, -0.25) is 0 Å². The fourth-order valence-corrected chi connectivity index (χ4v) is 1.90. The largest absolute Gasteiger partial charge is 0.385 e. The van der Waals surface area contributed by atoms with Crippen LogP contribution >= 0.6 is 0 Å². The maximum atomic E-state index is 3.49. The molecule has 1 aliphatic rings. The van der Waals surface area contributed by atoms with Gasteiger partial charge in [0.25, 0.3) is 0 Å². The van der Waals surface area contributed by atoms with E-state index >= 15 is 0 Å². The molecular weight excluding hydrogens is 172 g/mol. The van der Waals surface area contributed by atoms with Gasteiger partial charge in [-0.05, 0) is 44.0 Å². The van der Waals surface area contributed by atoms with Crippen molar-refractivity contribution in [3.05, 3.63) is 30.3 Å². The van der Waals surface area contributed by atoms with Crippen LogP contribution in [-0.4, -0.2) is 19.6 Å². The Morgan fingerprint density at radius 1 is 1.14 bits per heavy atom. The topological polar surface area (TPSA) is 24.1 Å². The van der Waals surface area contributed by atoms with Gasteiger partial charge in [0.2, 0.25) is 0 Å². The summed E-state index contributed by atoms with van der Waals surface area (Å²) < 4.78 is 0. The standard InChI is InChI=1S/C12H18N2/c1-2-4-12(5-3-1)14-10-11-6-8-13-9-7-11/h1-5,11,13-14H,6-10H2. The van der Waals surface area contributed by atoms with Crippen LogP contribution < -0.4 is 10.6 Å². The van der Waals surface area contributed by atoms with E-state index in [9.17, 15) is 0 Å². The highest BCUT2D eigenvalue weighted by Gasteiger charge is 2.11. The van der Waals surface area contributed by atoms with E-state index in [0.717, 1.165) is 12.5 Å². The summed E-state index contributed by atoms with van der Waals surface area (Å²) in [7, 11) is 0. The molecule has 0 unspecified atom stereocenters. The lowest BCUT2D eigenvalue weighted by molar-refractivity contribution is 0.390. The smallest absolute Gasteiger partial charge is 0.0340 e. The first-order chi connectivity index (χ1) is 6.95. The Morgan fingerprint density at radius 3 is 2.57 bits per heavy atom. The molecule has 1 fully saturated rings. The quantitative estimate of drug-likeness (QED) is 0.762. The Labute approximate surface area is 85.7 Å². The van der Waals surface area contributed by atoms with Crippen molar-refractivity contribution in [2.45, 2.75) is 12.8 Å². The predicted molar refractivity (Wildman–Crippen MR) is 60.5 cm³/mol. The summed E-state index contributed by atoms with van der Waals surface area (Å²) in [6.45, 7) is 3.48. The average molecular weight is 190 g/mol. The maximum absolute atomic E-state index is 3.49. The predicted octanol–water partition coefficient (Wildman–Crippen LogP) is 2.10. The van der Waals surface area contributed by atoms with Crippen LogP contribution in [0.15, 0.2) is 30.3 Å². The summed E-state index contributed by atoms with van der Waals surface area (Å²) in [6.07, 6.45) is 2.61. The molecule has 2 heteroatoms. The monoisotopic (exact) mass is 190 g/mol. The molecule has 1 aliphatic heterocycles. The van der Waals surface area contributed by atoms with Gasteiger partial charge in [-0.25, -0.2) is 0 Å². The van der Waals surface area contributed by atoms with Crippen LogP contribution in [-0.2, 0) is 0 Å². The second-order valence-electron chi connectivity index (χ2n) is 3.94. The van der Waals surface area contributed by atoms with Gasteiger partial charge in [-0.2, -0.15) is 0 Å². The first kappa shape index (κ1) is 9.53. The highest BCUT2D eigenvalue weighted by Crippen LogP contribution is 2.13. The minimum Gasteiger partial charge on any atom is -0.385 e. The molecule has 0 amide bonds.